The summed E-state index contributed by atoms with van der Waals surface area (Å²) in [6.07, 6.45) is 23.0. The second-order valence-electron chi connectivity index (χ2n) is 20.9. The molecule has 0 amide bonds. The van der Waals surface area contributed by atoms with E-state index in [0.29, 0.717) is 23.7 Å². The van der Waals surface area contributed by atoms with Crippen molar-refractivity contribution in [1.82, 2.24) is 0 Å². The average Bonchev–Trinajstić information content (AvgIpc) is 3.94. The second kappa shape index (κ2) is 20.8. The number of fused-ring (bicyclic) bond motifs is 2. The number of allylic oxidation sites excluding steroid dienone is 2. The Hall–Kier alpha value is -0.0969. The van der Waals surface area contributed by atoms with Gasteiger partial charge in [-0.3, -0.25) is 0 Å². The van der Waals surface area contributed by atoms with Crippen LogP contribution in [0.2, 0.25) is 28.6 Å². The molecule has 3 heteroatoms. The van der Waals surface area contributed by atoms with Crippen LogP contribution in [0.15, 0.2) is 35.4 Å². The molecule has 3 aliphatic rings. The molecule has 0 aromatic heterocycles. The van der Waals surface area contributed by atoms with E-state index in [1.54, 1.807) is 74.8 Å². The molecule has 0 radical (unpaired) electrons. The molecule has 1 saturated heterocycles. The molecular weight excluding hydrogens is 859 g/mol. The number of unbranched alkanes of at least 4 members (excludes halogenated alkanes) is 4. The van der Waals surface area contributed by atoms with Crippen LogP contribution in [-0.2, 0) is 38.9 Å². The average molecular weight is 950 g/mol. The van der Waals surface area contributed by atoms with Crippen molar-refractivity contribution < 1.29 is 38.9 Å². The maximum absolute atomic E-state index is 3.21. The van der Waals surface area contributed by atoms with Crippen LogP contribution < -0.4 is 0 Å². The molecule has 5 rings (SSSR count). The fourth-order valence-electron chi connectivity index (χ4n) is 13.5. The molecule has 2 aromatic carbocycles. The van der Waals surface area contributed by atoms with Crippen molar-refractivity contribution in [2.75, 3.05) is 0 Å². The van der Waals surface area contributed by atoms with Gasteiger partial charge in [-0.15, -0.1) is 0 Å². The third kappa shape index (κ3) is 8.93. The van der Waals surface area contributed by atoms with Crippen molar-refractivity contribution in [3.8, 4) is 0 Å². The van der Waals surface area contributed by atoms with E-state index < -0.39 is 41.2 Å². The van der Waals surface area contributed by atoms with E-state index in [4.69, 9.17) is 0 Å². The SMILES string of the molecule is CCC[CH2][Zr]([CH2]CCC)([CH]1C(CC)=Cc2c(C(C)C)cc(C(C)C)cc21)[Si]1([Zr]([CH2]CCC)([CH2]CCC)[CH]2C(CC)=Cc3c(C(C)C)cc(C(C)C)cc32)CCCC1. The molecule has 2 unspecified atom stereocenters. The molecule has 1 fully saturated rings. The van der Waals surface area contributed by atoms with Crippen molar-refractivity contribution >= 4 is 14.5 Å². The third-order valence-corrected chi connectivity index (χ3v) is 132. The van der Waals surface area contributed by atoms with Gasteiger partial charge in [-0.1, -0.05) is 0 Å². The topological polar surface area (TPSA) is 0 Å². The van der Waals surface area contributed by atoms with Crippen LogP contribution in [0, 0.1) is 0 Å². The molecule has 0 saturated carbocycles. The van der Waals surface area contributed by atoms with Gasteiger partial charge in [0.15, 0.2) is 0 Å². The van der Waals surface area contributed by atoms with Gasteiger partial charge in [-0.2, -0.15) is 0 Å². The van der Waals surface area contributed by atoms with E-state index >= 15 is 0 Å². The Balaban J connectivity index is 1.98. The Morgan fingerprint density at radius 3 is 1.09 bits per heavy atom. The third-order valence-electron chi connectivity index (χ3n) is 16.3. The molecule has 0 bridgehead atoms. The van der Waals surface area contributed by atoms with Crippen LogP contribution in [0.5, 0.6) is 0 Å². The molecule has 2 aromatic rings. The molecule has 2 aliphatic carbocycles. The number of benzene rings is 2. The van der Waals surface area contributed by atoms with Gasteiger partial charge < -0.3 is 0 Å². The van der Waals surface area contributed by atoms with E-state index in [1.807, 2.05) is 22.3 Å². The summed E-state index contributed by atoms with van der Waals surface area (Å²) in [4.78, 5) is 0. The molecule has 0 spiro atoms. The first kappa shape index (κ1) is 47.9. The van der Waals surface area contributed by atoms with E-state index in [-0.39, 0.29) is 0 Å². The molecule has 2 atom stereocenters. The van der Waals surface area contributed by atoms with Crippen molar-refractivity contribution in [3.63, 3.8) is 0 Å². The minimum atomic E-state index is -3.21. The zero-order valence-corrected chi connectivity index (χ0v) is 46.1. The van der Waals surface area contributed by atoms with E-state index in [1.165, 1.54) is 64.2 Å². The van der Waals surface area contributed by atoms with Crippen LogP contribution >= 0.6 is 0 Å². The monoisotopic (exact) mass is 946 g/mol. The van der Waals surface area contributed by atoms with Gasteiger partial charge in [0, 0.05) is 0 Å². The number of hydrogen-bond donors (Lipinski definition) is 0. The van der Waals surface area contributed by atoms with Crippen molar-refractivity contribution in [2.45, 2.75) is 234 Å². The van der Waals surface area contributed by atoms with E-state index in [0.717, 1.165) is 7.25 Å². The van der Waals surface area contributed by atoms with E-state index in [9.17, 15) is 0 Å². The zero-order chi connectivity index (χ0) is 41.7. The molecule has 1 heterocycles. The first-order valence-corrected chi connectivity index (χ1v) is 44.6. The van der Waals surface area contributed by atoms with Gasteiger partial charge in [0.1, 0.15) is 0 Å². The Kier molecular flexibility index (Phi) is 17.5. The van der Waals surface area contributed by atoms with Gasteiger partial charge in [0.25, 0.3) is 0 Å². The molecule has 0 N–H and O–H groups in total. The fourth-order valence-corrected chi connectivity index (χ4v) is 180. The van der Waals surface area contributed by atoms with Gasteiger partial charge in [0.05, 0.1) is 0 Å². The predicted molar refractivity (Wildman–Crippen MR) is 255 cm³/mol. The molecular formula is C54H90SiZr2. The Morgan fingerprint density at radius 1 is 0.491 bits per heavy atom. The van der Waals surface area contributed by atoms with Crippen LogP contribution in [0.4, 0.5) is 0 Å². The summed E-state index contributed by atoms with van der Waals surface area (Å²) in [6, 6.07) is 14.6. The summed E-state index contributed by atoms with van der Waals surface area (Å²) in [5.41, 5.74) is 17.7. The quantitative estimate of drug-likeness (QED) is 0.103. The first-order valence-electron chi connectivity index (χ1n) is 25.0. The first-order chi connectivity index (χ1) is 27.3. The zero-order valence-electron chi connectivity index (χ0n) is 40.2. The Labute approximate surface area is 363 Å². The van der Waals surface area contributed by atoms with Gasteiger partial charge in [-0.05, 0) is 0 Å². The number of rotatable bonds is 22. The van der Waals surface area contributed by atoms with Crippen LogP contribution in [0.3, 0.4) is 0 Å². The second-order valence-corrected chi connectivity index (χ2v) is 78.1. The molecule has 318 valence electrons. The summed E-state index contributed by atoms with van der Waals surface area (Å²) in [6.45, 7) is 35.3. The van der Waals surface area contributed by atoms with Crippen molar-refractivity contribution in [3.05, 3.63) is 79.9 Å². The Morgan fingerprint density at radius 2 is 0.825 bits per heavy atom. The summed E-state index contributed by atoms with van der Waals surface area (Å²) in [5.74, 6) is 2.31. The molecule has 1 aliphatic heterocycles. The predicted octanol–water partition coefficient (Wildman–Crippen LogP) is 19.0. The number of hydrogen-bond acceptors (Lipinski definition) is 0. The normalized spacial score (nSPS) is 19.3. The Bertz CT molecular complexity index is 1560. The summed E-state index contributed by atoms with van der Waals surface area (Å²) in [7, 11) is 0. The summed E-state index contributed by atoms with van der Waals surface area (Å²) in [5, 5.41) is 0. The van der Waals surface area contributed by atoms with Gasteiger partial charge >= 0.3 is 367 Å². The molecule has 57 heavy (non-hydrogen) atoms. The van der Waals surface area contributed by atoms with Crippen LogP contribution in [0.25, 0.3) is 12.2 Å². The summed E-state index contributed by atoms with van der Waals surface area (Å²) < 4.78 is 6.71. The standard InChI is InChI=1S/2C17H23.C4H8Si.4C4H9.2Zr/c2*1-6-13-7-15-9-14(11(2)3)10-16(12(4)5)17(15)8-13;1-2-4-5-3-1;4*1-3-4-2;;/h2*7-12H,6H2,1-5H3;1-4H2;4*1,3-4H2,2H3;;. The summed E-state index contributed by atoms with van der Waals surface area (Å²) >= 11 is -6.42. The van der Waals surface area contributed by atoms with Gasteiger partial charge in [-0.25, -0.2) is 0 Å². The fraction of sp³-hybridized carbons (Fsp3) is 0.704. The van der Waals surface area contributed by atoms with Crippen LogP contribution in [-0.4, -0.2) is 2.33 Å². The molecule has 0 nitrogen and oxygen atoms in total. The van der Waals surface area contributed by atoms with Crippen molar-refractivity contribution in [2.24, 2.45) is 0 Å². The van der Waals surface area contributed by atoms with Crippen molar-refractivity contribution in [1.29, 1.82) is 0 Å². The maximum atomic E-state index is 2.88. The van der Waals surface area contributed by atoms with Crippen LogP contribution in [0.1, 0.15) is 249 Å². The minimum absolute atomic E-state index is 0.573. The van der Waals surface area contributed by atoms with Gasteiger partial charge in [0.2, 0.25) is 0 Å². The van der Waals surface area contributed by atoms with E-state index in [2.05, 4.69) is 133 Å².